The summed E-state index contributed by atoms with van der Waals surface area (Å²) in [5, 5.41) is -1.26. The molecule has 0 aromatic heterocycles. The number of halogens is 6. The summed E-state index contributed by atoms with van der Waals surface area (Å²) in [6, 6.07) is 8.29. The molecule has 2 atom stereocenters. The molecule has 0 radical (unpaired) electrons. The third-order valence-corrected chi connectivity index (χ3v) is 6.14. The Morgan fingerprint density at radius 1 is 1.16 bits per heavy atom. The van der Waals surface area contributed by atoms with Crippen LogP contribution in [0.3, 0.4) is 0 Å². The van der Waals surface area contributed by atoms with Crippen LogP contribution in [-0.2, 0) is 16.1 Å². The average Bonchev–Trinajstić information content (AvgIpc) is 3.20. The first-order chi connectivity index (χ1) is 14.3. The Bertz CT molecular complexity index is 1040. The Morgan fingerprint density at radius 3 is 2.45 bits per heavy atom. The molecule has 0 heterocycles. The predicted molar refractivity (Wildman–Crippen MR) is 107 cm³/mol. The van der Waals surface area contributed by atoms with Crippen molar-refractivity contribution in [3.05, 3.63) is 70.3 Å². The quantitative estimate of drug-likeness (QED) is 0.358. The van der Waals surface area contributed by atoms with Gasteiger partial charge in [0, 0.05) is 11.6 Å². The summed E-state index contributed by atoms with van der Waals surface area (Å²) in [6.07, 6.45) is -3.81. The summed E-state index contributed by atoms with van der Waals surface area (Å²) >= 11 is 5.31. The van der Waals surface area contributed by atoms with Crippen LogP contribution in [0.15, 0.2) is 47.5 Å². The van der Waals surface area contributed by atoms with Gasteiger partial charge in [-0.1, -0.05) is 49.7 Å². The maximum absolute atomic E-state index is 14.2. The molecule has 0 saturated heterocycles. The first-order valence-electron chi connectivity index (χ1n) is 9.49. The number of carbonyl (C=O) groups excluding carboxylic acids is 1. The molecule has 0 unspecified atom stereocenters. The molecule has 2 nitrogen and oxygen atoms in total. The van der Waals surface area contributed by atoms with Gasteiger partial charge in [0.2, 0.25) is 0 Å². The van der Waals surface area contributed by atoms with Crippen molar-refractivity contribution < 1.29 is 31.5 Å². The zero-order valence-corrected chi connectivity index (χ0v) is 17.7. The SMILES string of the molecule is Cc1c(COC(=O)[C@@H]2[C@H](/C=C(\Cl)C(F)(F)F)C2(C)C)cccc1-c1ccc(F)cc1F. The van der Waals surface area contributed by atoms with E-state index >= 15 is 0 Å². The first-order valence-corrected chi connectivity index (χ1v) is 9.87. The molecule has 0 N–H and O–H groups in total. The molecule has 166 valence electrons. The number of hydrogen-bond acceptors (Lipinski definition) is 2. The van der Waals surface area contributed by atoms with Crippen LogP contribution in [-0.4, -0.2) is 12.1 Å². The summed E-state index contributed by atoms with van der Waals surface area (Å²) in [5.74, 6) is -3.47. The van der Waals surface area contributed by atoms with E-state index in [1.807, 2.05) is 0 Å². The molecular formula is C23H20ClF5O2. The van der Waals surface area contributed by atoms with Crippen molar-refractivity contribution in [1.29, 1.82) is 0 Å². The minimum atomic E-state index is -4.66. The highest BCUT2D eigenvalue weighted by molar-refractivity contribution is 6.30. The van der Waals surface area contributed by atoms with Gasteiger partial charge in [-0.05, 0) is 47.1 Å². The molecule has 0 spiro atoms. The number of rotatable bonds is 5. The lowest BCUT2D eigenvalue weighted by Gasteiger charge is -2.13. The van der Waals surface area contributed by atoms with Crippen molar-refractivity contribution in [1.82, 2.24) is 0 Å². The van der Waals surface area contributed by atoms with Crippen LogP contribution in [0.2, 0.25) is 0 Å². The van der Waals surface area contributed by atoms with E-state index in [4.69, 9.17) is 16.3 Å². The Kier molecular flexibility index (Phi) is 6.20. The van der Waals surface area contributed by atoms with Gasteiger partial charge in [0.1, 0.15) is 23.3 Å². The second kappa shape index (κ2) is 8.26. The van der Waals surface area contributed by atoms with Crippen molar-refractivity contribution in [2.24, 2.45) is 17.3 Å². The van der Waals surface area contributed by atoms with Crippen molar-refractivity contribution in [3.63, 3.8) is 0 Å². The van der Waals surface area contributed by atoms with E-state index in [0.717, 1.165) is 18.2 Å². The highest BCUT2D eigenvalue weighted by Crippen LogP contribution is 2.60. The van der Waals surface area contributed by atoms with Gasteiger partial charge >= 0.3 is 12.1 Å². The topological polar surface area (TPSA) is 26.3 Å². The van der Waals surface area contributed by atoms with Gasteiger partial charge in [-0.15, -0.1) is 0 Å². The van der Waals surface area contributed by atoms with Crippen molar-refractivity contribution >= 4 is 17.6 Å². The highest BCUT2D eigenvalue weighted by Gasteiger charge is 2.62. The van der Waals surface area contributed by atoms with Gasteiger partial charge in [-0.2, -0.15) is 13.2 Å². The molecule has 0 amide bonds. The molecule has 2 aromatic rings. The van der Waals surface area contributed by atoms with E-state index in [1.165, 1.54) is 6.07 Å². The number of alkyl halides is 3. The standard InChI is InChI=1S/C23H20ClF5O2/c1-12-13(5-4-6-15(12)16-8-7-14(25)9-18(16)26)11-31-21(30)20-17(22(20,2)3)10-19(24)23(27,28)29/h4-10,17,20H,11H2,1-3H3/b19-10-/t17-,20-/m0/s1. The Hall–Kier alpha value is -2.41. The average molecular weight is 459 g/mol. The van der Waals surface area contributed by atoms with Gasteiger partial charge in [-0.3, -0.25) is 4.79 Å². The Balaban J connectivity index is 1.74. The van der Waals surface area contributed by atoms with Crippen LogP contribution < -0.4 is 0 Å². The van der Waals surface area contributed by atoms with Crippen LogP contribution in [0.25, 0.3) is 11.1 Å². The van der Waals surface area contributed by atoms with Gasteiger partial charge in [0.15, 0.2) is 0 Å². The molecule has 1 aliphatic rings. The number of ether oxygens (including phenoxy) is 1. The number of benzene rings is 2. The summed E-state index contributed by atoms with van der Waals surface area (Å²) in [6.45, 7) is 4.93. The summed E-state index contributed by atoms with van der Waals surface area (Å²) < 4.78 is 70.8. The fourth-order valence-corrected chi connectivity index (χ4v) is 3.90. The normalized spacial score (nSPS) is 20.5. The van der Waals surface area contributed by atoms with Crippen LogP contribution in [0.5, 0.6) is 0 Å². The summed E-state index contributed by atoms with van der Waals surface area (Å²) in [7, 11) is 0. The van der Waals surface area contributed by atoms with Crippen molar-refractivity contribution in [2.75, 3.05) is 0 Å². The third kappa shape index (κ3) is 4.76. The van der Waals surface area contributed by atoms with Gasteiger partial charge < -0.3 is 4.74 Å². The van der Waals surface area contributed by atoms with Gasteiger partial charge in [-0.25, -0.2) is 8.78 Å². The highest BCUT2D eigenvalue weighted by atomic mass is 35.5. The minimum Gasteiger partial charge on any atom is -0.461 e. The largest absolute Gasteiger partial charge is 0.461 e. The van der Waals surface area contributed by atoms with Crippen LogP contribution >= 0.6 is 11.6 Å². The van der Waals surface area contributed by atoms with E-state index < -0.39 is 46.1 Å². The second-order valence-electron chi connectivity index (χ2n) is 8.16. The molecule has 3 rings (SSSR count). The van der Waals surface area contributed by atoms with Crippen molar-refractivity contribution in [2.45, 2.75) is 33.6 Å². The Morgan fingerprint density at radius 2 is 1.84 bits per heavy atom. The smallest absolute Gasteiger partial charge is 0.426 e. The van der Waals surface area contributed by atoms with E-state index in [1.54, 1.807) is 39.0 Å². The molecule has 1 saturated carbocycles. The summed E-state index contributed by atoms with van der Waals surface area (Å²) in [4.78, 5) is 12.5. The molecule has 1 aliphatic carbocycles. The predicted octanol–water partition coefficient (Wildman–Crippen LogP) is 6.94. The maximum atomic E-state index is 14.2. The summed E-state index contributed by atoms with van der Waals surface area (Å²) in [5.41, 5.74) is 1.27. The molecule has 2 aromatic carbocycles. The van der Waals surface area contributed by atoms with Crippen LogP contribution in [0, 0.1) is 35.8 Å². The molecule has 0 bridgehead atoms. The third-order valence-electron chi connectivity index (χ3n) is 5.80. The van der Waals surface area contributed by atoms with E-state index in [-0.39, 0.29) is 12.2 Å². The van der Waals surface area contributed by atoms with Crippen molar-refractivity contribution in [3.8, 4) is 11.1 Å². The minimum absolute atomic E-state index is 0.128. The number of hydrogen-bond donors (Lipinski definition) is 0. The first kappa shape index (κ1) is 23.3. The lowest BCUT2D eigenvalue weighted by molar-refractivity contribution is -0.147. The van der Waals surface area contributed by atoms with Crippen LogP contribution in [0.4, 0.5) is 22.0 Å². The zero-order valence-electron chi connectivity index (χ0n) is 17.0. The molecular weight excluding hydrogens is 439 g/mol. The molecule has 0 aliphatic heterocycles. The van der Waals surface area contributed by atoms with E-state index in [2.05, 4.69) is 0 Å². The maximum Gasteiger partial charge on any atom is 0.426 e. The molecule has 1 fully saturated rings. The lowest BCUT2D eigenvalue weighted by Crippen LogP contribution is -2.11. The number of allylic oxidation sites excluding steroid dienone is 2. The number of esters is 1. The second-order valence-corrected chi connectivity index (χ2v) is 8.57. The Labute approximate surface area is 181 Å². The monoisotopic (exact) mass is 458 g/mol. The van der Waals surface area contributed by atoms with Gasteiger partial charge in [0.25, 0.3) is 0 Å². The fourth-order valence-electron chi connectivity index (χ4n) is 3.77. The van der Waals surface area contributed by atoms with E-state index in [0.29, 0.717) is 16.7 Å². The molecule has 31 heavy (non-hydrogen) atoms. The zero-order chi connectivity index (χ0) is 23.1. The van der Waals surface area contributed by atoms with Crippen LogP contribution in [0.1, 0.15) is 25.0 Å². The number of carbonyl (C=O) groups is 1. The van der Waals surface area contributed by atoms with E-state index in [9.17, 15) is 26.7 Å². The van der Waals surface area contributed by atoms with Gasteiger partial charge in [0.05, 0.1) is 5.92 Å². The fraction of sp³-hybridized carbons (Fsp3) is 0.348. The molecule has 8 heteroatoms. The lowest BCUT2D eigenvalue weighted by atomic mass is 9.96.